The van der Waals surface area contributed by atoms with Gasteiger partial charge >= 0.3 is 0 Å². The SMILES string of the molecule is C.C.C.C.CC.CC1CCC(C)CC1.CC1CCCCC1. The minimum Gasteiger partial charge on any atom is -0.0776 e. The van der Waals surface area contributed by atoms with E-state index in [2.05, 4.69) is 20.8 Å². The summed E-state index contributed by atoms with van der Waals surface area (Å²) in [5.41, 5.74) is 0. The molecular formula is C21H52. The van der Waals surface area contributed by atoms with Gasteiger partial charge in [-0.25, -0.2) is 0 Å². The van der Waals surface area contributed by atoms with Gasteiger partial charge in [-0.3, -0.25) is 0 Å². The summed E-state index contributed by atoms with van der Waals surface area (Å²) in [6.45, 7) is 11.1. The Morgan fingerprint density at radius 2 is 0.667 bits per heavy atom. The van der Waals surface area contributed by atoms with Gasteiger partial charge in [-0.05, 0) is 17.8 Å². The Kier molecular flexibility index (Phi) is 34.8. The first-order valence-corrected chi connectivity index (χ1v) is 8.18. The number of hydrogen-bond acceptors (Lipinski definition) is 0. The Morgan fingerprint density at radius 3 is 0.857 bits per heavy atom. The van der Waals surface area contributed by atoms with E-state index in [1.807, 2.05) is 13.8 Å². The van der Waals surface area contributed by atoms with E-state index < -0.39 is 0 Å². The Bertz CT molecular complexity index is 126. The maximum absolute atomic E-state index is 2.37. The molecule has 0 spiro atoms. The van der Waals surface area contributed by atoms with Gasteiger partial charge in [0.15, 0.2) is 0 Å². The van der Waals surface area contributed by atoms with Crippen molar-refractivity contribution in [3.05, 3.63) is 0 Å². The third-order valence-electron chi connectivity index (χ3n) is 4.20. The van der Waals surface area contributed by atoms with Gasteiger partial charge in [0.2, 0.25) is 0 Å². The van der Waals surface area contributed by atoms with Crippen molar-refractivity contribution in [1.29, 1.82) is 0 Å². The first-order valence-electron chi connectivity index (χ1n) is 8.18. The van der Waals surface area contributed by atoms with Crippen LogP contribution >= 0.6 is 0 Å². The highest BCUT2D eigenvalue weighted by Gasteiger charge is 2.13. The van der Waals surface area contributed by atoms with Crippen molar-refractivity contribution in [2.75, 3.05) is 0 Å². The molecule has 0 atom stereocenters. The van der Waals surface area contributed by atoms with Gasteiger partial charge in [0.25, 0.3) is 0 Å². The zero-order chi connectivity index (χ0) is 13.1. The summed E-state index contributed by atoms with van der Waals surface area (Å²) >= 11 is 0. The molecule has 0 aromatic heterocycles. The quantitative estimate of drug-likeness (QED) is 0.419. The standard InChI is InChI=1S/C8H16.C7H14.C2H6.4CH4/c1-7-3-5-8(2)6-4-7;1-7-5-3-2-4-6-7;1-2;;;;/h7-8H,3-6H2,1-2H3;7H,2-6H2,1H3;1-2H3;4*1H4. The Hall–Kier alpha value is 0. The molecule has 0 aliphatic heterocycles. The van der Waals surface area contributed by atoms with Crippen molar-refractivity contribution in [3.8, 4) is 0 Å². The molecule has 2 fully saturated rings. The summed E-state index contributed by atoms with van der Waals surface area (Å²) in [6, 6.07) is 0. The molecule has 0 aromatic rings. The van der Waals surface area contributed by atoms with Crippen LogP contribution in [0.1, 0.15) is 122 Å². The van der Waals surface area contributed by atoms with E-state index in [-0.39, 0.29) is 29.7 Å². The first kappa shape index (κ1) is 32.8. The highest BCUT2D eigenvalue weighted by molar-refractivity contribution is 4.65. The van der Waals surface area contributed by atoms with Gasteiger partial charge in [0.05, 0.1) is 0 Å². The average molecular weight is 305 g/mol. The van der Waals surface area contributed by atoms with E-state index >= 15 is 0 Å². The molecule has 2 saturated carbocycles. The highest BCUT2D eigenvalue weighted by atomic mass is 14.2. The highest BCUT2D eigenvalue weighted by Crippen LogP contribution is 2.27. The predicted octanol–water partition coefficient (Wildman–Crippen LogP) is 8.99. The molecule has 0 N–H and O–H groups in total. The van der Waals surface area contributed by atoms with E-state index in [9.17, 15) is 0 Å². The Labute approximate surface area is 140 Å². The molecule has 0 unspecified atom stereocenters. The number of rotatable bonds is 0. The van der Waals surface area contributed by atoms with Crippen molar-refractivity contribution >= 4 is 0 Å². The maximum Gasteiger partial charge on any atom is -0.0443 e. The second kappa shape index (κ2) is 22.3. The van der Waals surface area contributed by atoms with Crippen LogP contribution in [0.25, 0.3) is 0 Å². The molecular weight excluding hydrogens is 252 g/mol. The van der Waals surface area contributed by atoms with Gasteiger partial charge in [0, 0.05) is 0 Å². The summed E-state index contributed by atoms with van der Waals surface area (Å²) in [7, 11) is 0. The molecule has 2 aliphatic carbocycles. The average Bonchev–Trinajstić information content (AvgIpc) is 2.37. The molecule has 2 rings (SSSR count). The van der Waals surface area contributed by atoms with E-state index in [4.69, 9.17) is 0 Å². The molecule has 0 bridgehead atoms. The van der Waals surface area contributed by atoms with Crippen molar-refractivity contribution in [2.24, 2.45) is 17.8 Å². The molecule has 0 radical (unpaired) electrons. The van der Waals surface area contributed by atoms with Crippen molar-refractivity contribution in [3.63, 3.8) is 0 Å². The normalized spacial score (nSPS) is 23.9. The van der Waals surface area contributed by atoms with Crippen LogP contribution in [-0.4, -0.2) is 0 Å². The van der Waals surface area contributed by atoms with Crippen LogP contribution in [0.3, 0.4) is 0 Å². The zero-order valence-electron chi connectivity index (χ0n) is 13.1. The first-order chi connectivity index (χ1) is 8.18. The molecule has 0 heterocycles. The lowest BCUT2D eigenvalue weighted by Gasteiger charge is -2.22. The molecule has 2 aliphatic rings. The Morgan fingerprint density at radius 1 is 0.429 bits per heavy atom. The van der Waals surface area contributed by atoms with Crippen LogP contribution in [0, 0.1) is 17.8 Å². The molecule has 0 amide bonds. The van der Waals surface area contributed by atoms with E-state index in [0.717, 1.165) is 17.8 Å². The fraction of sp³-hybridized carbons (Fsp3) is 1.00. The van der Waals surface area contributed by atoms with Gasteiger partial charge < -0.3 is 0 Å². The second-order valence-electron chi connectivity index (χ2n) is 6.11. The lowest BCUT2D eigenvalue weighted by atomic mass is 9.84. The summed E-state index contributed by atoms with van der Waals surface area (Å²) in [5, 5.41) is 0. The van der Waals surface area contributed by atoms with Gasteiger partial charge in [0.1, 0.15) is 0 Å². The minimum absolute atomic E-state index is 0. The molecule has 0 nitrogen and oxygen atoms in total. The fourth-order valence-corrected chi connectivity index (χ4v) is 2.73. The fourth-order valence-electron chi connectivity index (χ4n) is 2.73. The van der Waals surface area contributed by atoms with Crippen molar-refractivity contribution < 1.29 is 0 Å². The lowest BCUT2D eigenvalue weighted by molar-refractivity contribution is 0.308. The van der Waals surface area contributed by atoms with E-state index in [1.165, 1.54) is 57.8 Å². The van der Waals surface area contributed by atoms with E-state index in [1.54, 1.807) is 0 Å². The Balaban J connectivity index is -0.0000000623. The second-order valence-corrected chi connectivity index (χ2v) is 6.11. The smallest absolute Gasteiger partial charge is 0.0443 e. The molecule has 0 aromatic carbocycles. The summed E-state index contributed by atoms with van der Waals surface area (Å²) in [6.07, 6.45) is 13.3. The van der Waals surface area contributed by atoms with Gasteiger partial charge in [-0.2, -0.15) is 0 Å². The molecule has 0 heteroatoms. The van der Waals surface area contributed by atoms with E-state index in [0.29, 0.717) is 0 Å². The maximum atomic E-state index is 2.37. The summed E-state index contributed by atoms with van der Waals surface area (Å²) < 4.78 is 0. The molecule has 0 saturated heterocycles. The van der Waals surface area contributed by atoms with Crippen LogP contribution in [0.5, 0.6) is 0 Å². The van der Waals surface area contributed by atoms with Crippen LogP contribution in [0.15, 0.2) is 0 Å². The van der Waals surface area contributed by atoms with Gasteiger partial charge in [-0.15, -0.1) is 0 Å². The summed E-state index contributed by atoms with van der Waals surface area (Å²) in [5.74, 6) is 3.08. The van der Waals surface area contributed by atoms with Crippen LogP contribution in [0.2, 0.25) is 0 Å². The predicted molar refractivity (Wildman–Crippen MR) is 107 cm³/mol. The zero-order valence-corrected chi connectivity index (χ0v) is 13.1. The van der Waals surface area contributed by atoms with Crippen molar-refractivity contribution in [1.82, 2.24) is 0 Å². The van der Waals surface area contributed by atoms with Crippen LogP contribution in [-0.2, 0) is 0 Å². The third kappa shape index (κ3) is 20.0. The van der Waals surface area contributed by atoms with Crippen molar-refractivity contribution in [2.45, 2.75) is 122 Å². The number of hydrogen-bond donors (Lipinski definition) is 0. The largest absolute Gasteiger partial charge is 0.0776 e. The van der Waals surface area contributed by atoms with Crippen LogP contribution in [0.4, 0.5) is 0 Å². The summed E-state index contributed by atoms with van der Waals surface area (Å²) in [4.78, 5) is 0. The minimum atomic E-state index is 0. The lowest BCUT2D eigenvalue weighted by Crippen LogP contribution is -2.08. The monoisotopic (exact) mass is 304 g/mol. The topological polar surface area (TPSA) is 0 Å². The van der Waals surface area contributed by atoms with Crippen LogP contribution < -0.4 is 0 Å². The third-order valence-corrected chi connectivity index (χ3v) is 4.20. The molecule has 136 valence electrons. The molecule has 21 heavy (non-hydrogen) atoms. The van der Waals surface area contributed by atoms with Gasteiger partial charge in [-0.1, -0.05) is 122 Å².